The number of urea groups is 1. The lowest BCUT2D eigenvalue weighted by atomic mass is 9.95. The van der Waals surface area contributed by atoms with Crippen molar-refractivity contribution < 1.29 is 32.9 Å². The highest BCUT2D eigenvalue weighted by Crippen LogP contribution is 2.46. The molecule has 0 saturated carbocycles. The molecule has 2 aliphatic heterocycles. The largest absolute Gasteiger partial charge is 0.398 e. The quantitative estimate of drug-likeness (QED) is 0.316. The second-order valence-electron chi connectivity index (χ2n) is 4.94. The summed E-state index contributed by atoms with van der Waals surface area (Å²) in [7, 11) is 0. The van der Waals surface area contributed by atoms with Crippen LogP contribution in [0.4, 0.5) is 18.0 Å². The maximum absolute atomic E-state index is 13.3. The molecular weight excluding hydrogens is 325 g/mol. The number of nitrogens with two attached hydrogens (primary N) is 1. The zero-order chi connectivity index (χ0) is 17.4. The van der Waals surface area contributed by atoms with Gasteiger partial charge in [-0.25, -0.2) is 4.79 Å². The van der Waals surface area contributed by atoms with Gasteiger partial charge in [-0.05, 0) is 11.6 Å². The third kappa shape index (κ3) is 2.92. The Morgan fingerprint density at radius 2 is 2.26 bits per heavy atom. The first kappa shape index (κ1) is 17.3. The number of carbonyl (C=O) groups excluding carboxylic acids is 1. The molecule has 0 aromatic carbocycles. The fourth-order valence-electron chi connectivity index (χ4n) is 2.40. The Bertz CT molecular complexity index is 565. The van der Waals surface area contributed by atoms with Crippen molar-refractivity contribution in [1.82, 2.24) is 10.2 Å². The average molecular weight is 338 g/mol. The van der Waals surface area contributed by atoms with E-state index in [1.807, 2.05) is 0 Å². The van der Waals surface area contributed by atoms with Crippen LogP contribution in [0, 0.1) is 5.92 Å². The molecule has 0 aromatic heterocycles. The van der Waals surface area contributed by atoms with E-state index < -0.39 is 49.0 Å². The minimum Gasteiger partial charge on any atom is -0.393 e. The Kier molecular flexibility index (Phi) is 4.41. The molecule has 1 saturated heterocycles. The summed E-state index contributed by atoms with van der Waals surface area (Å²) in [5.74, 6) is -2.61. The van der Waals surface area contributed by atoms with Crippen LogP contribution in [0.5, 0.6) is 0 Å². The van der Waals surface area contributed by atoms with Crippen LogP contribution in [0.1, 0.15) is 0 Å². The topological polar surface area (TPSA) is 157 Å². The van der Waals surface area contributed by atoms with Crippen molar-refractivity contribution in [1.29, 1.82) is 0 Å². The molecule has 2 heterocycles. The van der Waals surface area contributed by atoms with Gasteiger partial charge in [0.25, 0.3) is 0 Å². The molecule has 2 amide bonds. The van der Waals surface area contributed by atoms with Crippen LogP contribution >= 0.6 is 0 Å². The molecule has 5 N–H and O–H groups in total. The van der Waals surface area contributed by atoms with Crippen molar-refractivity contribution in [3.05, 3.63) is 22.7 Å². The number of aliphatic hydroxyl groups excluding tert-OH is 2. The number of amides is 2. The number of nitrogens with one attached hydrogen (secondary N) is 1. The summed E-state index contributed by atoms with van der Waals surface area (Å²) in [6.07, 6.45) is -8.20. The summed E-state index contributed by atoms with van der Waals surface area (Å²) >= 11 is 0. The maximum atomic E-state index is 13.3. The van der Waals surface area contributed by atoms with Gasteiger partial charge < -0.3 is 26.0 Å². The number of carbonyl (C=O) groups is 1. The third-order valence-electron chi connectivity index (χ3n) is 3.51. The van der Waals surface area contributed by atoms with Crippen molar-refractivity contribution in [2.75, 3.05) is 6.61 Å². The average Bonchev–Trinajstić information content (AvgIpc) is 2.72. The van der Waals surface area contributed by atoms with Gasteiger partial charge in [0.1, 0.15) is 12.0 Å². The van der Waals surface area contributed by atoms with Crippen molar-refractivity contribution in [2.45, 2.75) is 30.4 Å². The van der Waals surface area contributed by atoms with Gasteiger partial charge in [-0.15, -0.1) is 0 Å². The Morgan fingerprint density at radius 3 is 2.74 bits per heavy atom. The minimum atomic E-state index is -5.00. The van der Waals surface area contributed by atoms with E-state index in [0.29, 0.717) is 4.90 Å². The summed E-state index contributed by atoms with van der Waals surface area (Å²) in [6.45, 7) is -1.21. The minimum absolute atomic E-state index is 0.523. The van der Waals surface area contributed by atoms with E-state index in [1.165, 1.54) is 6.08 Å². The number of rotatable bonds is 3. The number of nitrogens with zero attached hydrogens (tertiary/aromatic N) is 4. The standard InChI is InChI=1S/C10H13F3N6O4/c11-10(12,13)5-6(21)9(3-20,17-18-15)23-7(5)19-2-1-4(14)16-8(19)22/h1-2,4-7,20-21H,3,14H2,(H,16,22)/t4?,5-,6-,7+,9+/m0/s1. The molecular formula is C10H13F3N6O4. The van der Waals surface area contributed by atoms with Gasteiger partial charge in [0.15, 0.2) is 12.0 Å². The molecule has 2 rings (SSSR count). The van der Waals surface area contributed by atoms with Gasteiger partial charge in [-0.3, -0.25) is 4.90 Å². The second kappa shape index (κ2) is 5.86. The van der Waals surface area contributed by atoms with Gasteiger partial charge in [-0.2, -0.15) is 13.2 Å². The summed E-state index contributed by atoms with van der Waals surface area (Å²) in [5.41, 5.74) is 11.3. The van der Waals surface area contributed by atoms with Crippen LogP contribution in [0.25, 0.3) is 10.4 Å². The van der Waals surface area contributed by atoms with E-state index in [-0.39, 0.29) is 0 Å². The Morgan fingerprint density at radius 1 is 1.61 bits per heavy atom. The fraction of sp³-hybridized carbons (Fsp3) is 0.700. The SMILES string of the molecule is [N-]=[N+]=N[C@]1(CO)O[C@@H](N2C=CC(N)NC2=O)[C@@H](C(F)(F)F)[C@@H]1O. The molecule has 1 fully saturated rings. The first-order valence-corrected chi connectivity index (χ1v) is 6.29. The molecule has 13 heteroatoms. The maximum Gasteiger partial charge on any atom is 0.398 e. The summed E-state index contributed by atoms with van der Waals surface area (Å²) < 4.78 is 44.8. The van der Waals surface area contributed by atoms with E-state index in [0.717, 1.165) is 6.20 Å². The van der Waals surface area contributed by atoms with Crippen LogP contribution in [-0.2, 0) is 4.74 Å². The van der Waals surface area contributed by atoms with E-state index in [1.54, 1.807) is 0 Å². The zero-order valence-corrected chi connectivity index (χ0v) is 11.4. The van der Waals surface area contributed by atoms with E-state index >= 15 is 0 Å². The van der Waals surface area contributed by atoms with Crippen LogP contribution in [0.15, 0.2) is 17.4 Å². The van der Waals surface area contributed by atoms with Crippen LogP contribution in [-0.4, -0.2) is 58.1 Å². The highest BCUT2D eigenvalue weighted by atomic mass is 19.4. The molecule has 0 aliphatic carbocycles. The summed E-state index contributed by atoms with van der Waals surface area (Å²) in [6, 6.07) is -0.999. The van der Waals surface area contributed by atoms with Gasteiger partial charge in [-0.1, -0.05) is 5.11 Å². The zero-order valence-electron chi connectivity index (χ0n) is 11.4. The second-order valence-corrected chi connectivity index (χ2v) is 4.94. The molecule has 128 valence electrons. The van der Waals surface area contributed by atoms with Crippen molar-refractivity contribution in [3.8, 4) is 0 Å². The first-order chi connectivity index (χ1) is 10.7. The van der Waals surface area contributed by atoms with Gasteiger partial charge >= 0.3 is 12.2 Å². The smallest absolute Gasteiger partial charge is 0.393 e. The van der Waals surface area contributed by atoms with Gasteiger partial charge in [0.2, 0.25) is 0 Å². The van der Waals surface area contributed by atoms with Crippen molar-refractivity contribution in [2.24, 2.45) is 16.8 Å². The van der Waals surface area contributed by atoms with Crippen LogP contribution in [0.3, 0.4) is 0 Å². The number of halogens is 3. The molecule has 0 bridgehead atoms. The number of azide groups is 1. The van der Waals surface area contributed by atoms with E-state index in [4.69, 9.17) is 16.0 Å². The molecule has 0 aromatic rings. The first-order valence-electron chi connectivity index (χ1n) is 6.29. The van der Waals surface area contributed by atoms with Crippen LogP contribution in [0.2, 0.25) is 0 Å². The number of ether oxygens (including phenoxy) is 1. The Labute approximate surface area is 126 Å². The fourth-order valence-corrected chi connectivity index (χ4v) is 2.40. The molecule has 2 aliphatic rings. The third-order valence-corrected chi connectivity index (χ3v) is 3.51. The van der Waals surface area contributed by atoms with Gasteiger partial charge in [0.05, 0.1) is 12.8 Å². The Balaban J connectivity index is 2.46. The number of alkyl halides is 3. The predicted molar refractivity (Wildman–Crippen MR) is 66.9 cm³/mol. The van der Waals surface area contributed by atoms with Crippen molar-refractivity contribution >= 4 is 6.03 Å². The Hall–Kier alpha value is -2.05. The molecule has 5 atom stereocenters. The normalized spacial score (nSPS) is 37.5. The predicted octanol–water partition coefficient (Wildman–Crippen LogP) is -0.295. The molecule has 10 nitrogen and oxygen atoms in total. The summed E-state index contributed by atoms with van der Waals surface area (Å²) in [5, 5.41) is 24.3. The molecule has 23 heavy (non-hydrogen) atoms. The highest BCUT2D eigenvalue weighted by Gasteiger charge is 2.65. The lowest BCUT2D eigenvalue weighted by Crippen LogP contribution is -2.55. The molecule has 1 unspecified atom stereocenters. The van der Waals surface area contributed by atoms with Gasteiger partial charge in [0, 0.05) is 11.1 Å². The van der Waals surface area contributed by atoms with Crippen molar-refractivity contribution in [3.63, 3.8) is 0 Å². The highest BCUT2D eigenvalue weighted by molar-refractivity contribution is 5.77. The van der Waals surface area contributed by atoms with E-state index in [2.05, 4.69) is 15.3 Å². The van der Waals surface area contributed by atoms with E-state index in [9.17, 15) is 28.2 Å². The number of hydrogen-bond acceptors (Lipinski definition) is 6. The number of aliphatic hydroxyl groups is 2. The molecule has 0 spiro atoms. The lowest BCUT2D eigenvalue weighted by Gasteiger charge is -2.33. The lowest BCUT2D eigenvalue weighted by molar-refractivity contribution is -0.212. The van der Waals surface area contributed by atoms with Crippen LogP contribution < -0.4 is 11.1 Å². The summed E-state index contributed by atoms with van der Waals surface area (Å²) in [4.78, 5) is 14.6. The number of hydrogen-bond donors (Lipinski definition) is 4. The monoisotopic (exact) mass is 338 g/mol. The molecule has 0 radical (unpaired) electrons.